The molecule has 0 aliphatic carbocycles. The van der Waals surface area contributed by atoms with Crippen LogP contribution < -0.4 is 0 Å². The van der Waals surface area contributed by atoms with E-state index < -0.39 is 0 Å². The van der Waals surface area contributed by atoms with Crippen molar-refractivity contribution in [3.63, 3.8) is 0 Å². The predicted octanol–water partition coefficient (Wildman–Crippen LogP) is 3.94. The van der Waals surface area contributed by atoms with Crippen molar-refractivity contribution >= 4 is 23.1 Å². The first-order chi connectivity index (χ1) is 9.72. The first-order valence-corrected chi connectivity index (χ1v) is 7.56. The van der Waals surface area contributed by atoms with Crippen molar-refractivity contribution < 1.29 is 14.0 Å². The zero-order valence-electron chi connectivity index (χ0n) is 10.1. The van der Waals surface area contributed by atoms with Gasteiger partial charge in [-0.1, -0.05) is 11.2 Å². The fourth-order valence-electron chi connectivity index (χ4n) is 1.57. The van der Waals surface area contributed by atoms with Crippen molar-refractivity contribution in [2.24, 2.45) is 0 Å². The number of benzene rings is 1. The number of thioether (sulfide) groups is 1. The fourth-order valence-corrected chi connectivity index (χ4v) is 3.06. The molecule has 0 unspecified atom stereocenters. The summed E-state index contributed by atoms with van der Waals surface area (Å²) in [6.45, 7) is 0. The van der Waals surface area contributed by atoms with Gasteiger partial charge < -0.3 is 9.63 Å². The Morgan fingerprint density at radius 3 is 3.00 bits per heavy atom. The van der Waals surface area contributed by atoms with Gasteiger partial charge in [-0.05, 0) is 29.6 Å². The van der Waals surface area contributed by atoms with Crippen LogP contribution in [-0.2, 0) is 5.75 Å². The predicted molar refractivity (Wildman–Crippen MR) is 75.2 cm³/mol. The molecule has 4 nitrogen and oxygen atoms in total. The summed E-state index contributed by atoms with van der Waals surface area (Å²) in [4.78, 5) is 5.57. The molecule has 7 heteroatoms. The molecule has 0 fully saturated rings. The van der Waals surface area contributed by atoms with E-state index >= 15 is 0 Å². The monoisotopic (exact) mass is 308 g/mol. The summed E-state index contributed by atoms with van der Waals surface area (Å²) in [5.41, 5.74) is 0. The molecule has 0 atom stereocenters. The van der Waals surface area contributed by atoms with Gasteiger partial charge in [0.1, 0.15) is 16.4 Å². The van der Waals surface area contributed by atoms with Crippen molar-refractivity contribution in [2.45, 2.75) is 10.6 Å². The topological polar surface area (TPSA) is 59.2 Å². The maximum absolute atomic E-state index is 13.0. The first kappa shape index (κ1) is 13.1. The molecule has 0 aliphatic rings. The van der Waals surface area contributed by atoms with Crippen molar-refractivity contribution in [1.82, 2.24) is 10.1 Å². The molecular weight excluding hydrogens is 299 g/mol. The Hall–Kier alpha value is -1.86. The maximum atomic E-state index is 13.0. The van der Waals surface area contributed by atoms with E-state index in [1.165, 1.54) is 35.2 Å². The zero-order chi connectivity index (χ0) is 13.9. The second-order valence-corrected chi connectivity index (χ2v) is 5.86. The van der Waals surface area contributed by atoms with Crippen LogP contribution in [0.2, 0.25) is 0 Å². The van der Waals surface area contributed by atoms with E-state index in [1.807, 2.05) is 6.07 Å². The van der Waals surface area contributed by atoms with E-state index in [-0.39, 0.29) is 11.6 Å². The Balaban J connectivity index is 1.70. The SMILES string of the molecule is Oc1ccsc1-c1nc(CSc2cccc(F)c2)no1. The van der Waals surface area contributed by atoms with Gasteiger partial charge in [-0.25, -0.2) is 4.39 Å². The molecule has 0 amide bonds. The number of thiophene rings is 1. The van der Waals surface area contributed by atoms with Crippen molar-refractivity contribution in [3.05, 3.63) is 47.4 Å². The lowest BCUT2D eigenvalue weighted by molar-refractivity contribution is 0.421. The second kappa shape index (κ2) is 5.64. The summed E-state index contributed by atoms with van der Waals surface area (Å²) < 4.78 is 18.1. The average Bonchev–Trinajstić information content (AvgIpc) is 3.05. The third-order valence-electron chi connectivity index (χ3n) is 2.47. The van der Waals surface area contributed by atoms with Gasteiger partial charge in [-0.2, -0.15) is 4.98 Å². The van der Waals surface area contributed by atoms with E-state index in [0.29, 0.717) is 22.3 Å². The summed E-state index contributed by atoms with van der Waals surface area (Å²) in [7, 11) is 0. The summed E-state index contributed by atoms with van der Waals surface area (Å²) >= 11 is 2.75. The van der Waals surface area contributed by atoms with E-state index in [4.69, 9.17) is 4.52 Å². The Morgan fingerprint density at radius 2 is 2.25 bits per heavy atom. The minimum atomic E-state index is -0.271. The van der Waals surface area contributed by atoms with Gasteiger partial charge in [0.05, 0.1) is 5.75 Å². The molecule has 0 bridgehead atoms. The van der Waals surface area contributed by atoms with Crippen LogP contribution in [0.25, 0.3) is 10.8 Å². The first-order valence-electron chi connectivity index (χ1n) is 5.70. The summed E-state index contributed by atoms with van der Waals surface area (Å²) in [6.07, 6.45) is 0. The molecular formula is C13H9FN2O2S2. The van der Waals surface area contributed by atoms with Crippen LogP contribution in [0.4, 0.5) is 4.39 Å². The van der Waals surface area contributed by atoms with Crippen LogP contribution in [0.5, 0.6) is 5.75 Å². The molecule has 2 heterocycles. The molecule has 0 spiro atoms. The zero-order valence-corrected chi connectivity index (χ0v) is 11.7. The Bertz CT molecular complexity index is 726. The van der Waals surface area contributed by atoms with Gasteiger partial charge >= 0.3 is 0 Å². The van der Waals surface area contributed by atoms with Gasteiger partial charge in [0.25, 0.3) is 5.89 Å². The average molecular weight is 308 g/mol. The van der Waals surface area contributed by atoms with Crippen LogP contribution in [0.3, 0.4) is 0 Å². The molecule has 0 radical (unpaired) electrons. The standard InChI is InChI=1S/C13H9FN2O2S2/c14-8-2-1-3-9(6-8)20-7-11-15-13(18-16-11)12-10(17)4-5-19-12/h1-6,17H,7H2. The number of halogens is 1. The molecule has 2 aromatic heterocycles. The molecule has 102 valence electrons. The number of rotatable bonds is 4. The molecule has 3 aromatic rings. The highest BCUT2D eigenvalue weighted by Gasteiger charge is 2.14. The minimum absolute atomic E-state index is 0.128. The summed E-state index contributed by atoms with van der Waals surface area (Å²) in [6, 6.07) is 7.90. The van der Waals surface area contributed by atoms with Gasteiger partial charge in [0.15, 0.2) is 5.82 Å². The molecule has 1 aromatic carbocycles. The van der Waals surface area contributed by atoms with Gasteiger partial charge in [-0.15, -0.1) is 23.1 Å². The molecule has 20 heavy (non-hydrogen) atoms. The van der Waals surface area contributed by atoms with Crippen molar-refractivity contribution in [2.75, 3.05) is 0 Å². The third kappa shape index (κ3) is 2.83. The summed E-state index contributed by atoms with van der Waals surface area (Å²) in [5, 5.41) is 15.2. The second-order valence-electron chi connectivity index (χ2n) is 3.90. The lowest BCUT2D eigenvalue weighted by atomic mass is 10.4. The normalized spacial score (nSPS) is 10.8. The third-order valence-corrected chi connectivity index (χ3v) is 4.35. The lowest BCUT2D eigenvalue weighted by Crippen LogP contribution is -1.84. The molecule has 0 saturated heterocycles. The quantitative estimate of drug-likeness (QED) is 0.740. The number of aromatic nitrogens is 2. The van der Waals surface area contributed by atoms with E-state index in [2.05, 4.69) is 10.1 Å². The Kier molecular flexibility index (Phi) is 3.70. The van der Waals surface area contributed by atoms with E-state index in [9.17, 15) is 9.50 Å². The molecule has 1 N–H and O–H groups in total. The summed E-state index contributed by atoms with van der Waals surface area (Å²) in [5.74, 6) is 1.13. The minimum Gasteiger partial charge on any atom is -0.506 e. The van der Waals surface area contributed by atoms with E-state index in [1.54, 1.807) is 17.5 Å². The maximum Gasteiger partial charge on any atom is 0.271 e. The fraction of sp³-hybridized carbons (Fsp3) is 0.0769. The van der Waals surface area contributed by atoms with Crippen LogP contribution in [0, 0.1) is 5.82 Å². The molecule has 0 aliphatic heterocycles. The van der Waals surface area contributed by atoms with Crippen LogP contribution in [0.15, 0.2) is 45.1 Å². The van der Waals surface area contributed by atoms with E-state index in [0.717, 1.165) is 4.90 Å². The Labute approximate surface area is 122 Å². The van der Waals surface area contributed by atoms with Crippen molar-refractivity contribution in [1.29, 1.82) is 0 Å². The smallest absolute Gasteiger partial charge is 0.271 e. The van der Waals surface area contributed by atoms with Crippen LogP contribution >= 0.6 is 23.1 Å². The Morgan fingerprint density at radius 1 is 1.35 bits per heavy atom. The number of hydrogen-bond donors (Lipinski definition) is 1. The highest BCUT2D eigenvalue weighted by atomic mass is 32.2. The van der Waals surface area contributed by atoms with Gasteiger partial charge in [0.2, 0.25) is 0 Å². The van der Waals surface area contributed by atoms with Crippen LogP contribution in [0.1, 0.15) is 5.82 Å². The van der Waals surface area contributed by atoms with Gasteiger partial charge in [-0.3, -0.25) is 0 Å². The van der Waals surface area contributed by atoms with Gasteiger partial charge in [0, 0.05) is 4.90 Å². The van der Waals surface area contributed by atoms with Crippen molar-refractivity contribution in [3.8, 4) is 16.5 Å². The number of aromatic hydroxyl groups is 1. The molecule has 0 saturated carbocycles. The molecule has 3 rings (SSSR count). The number of hydrogen-bond acceptors (Lipinski definition) is 6. The highest BCUT2D eigenvalue weighted by molar-refractivity contribution is 7.98. The highest BCUT2D eigenvalue weighted by Crippen LogP contribution is 2.33. The largest absolute Gasteiger partial charge is 0.506 e. The number of nitrogens with zero attached hydrogens (tertiary/aromatic N) is 2. The van der Waals surface area contributed by atoms with Crippen LogP contribution in [-0.4, -0.2) is 15.2 Å². The lowest BCUT2D eigenvalue weighted by Gasteiger charge is -1.97.